The number of hydrogen-bond donors (Lipinski definition) is 1. The van der Waals surface area contributed by atoms with E-state index in [9.17, 15) is 13.7 Å². The molecule has 2 rings (SSSR count). The second-order valence-corrected chi connectivity index (χ2v) is 6.08. The molecule has 2 aromatic rings. The Morgan fingerprint density at radius 2 is 1.92 bits per heavy atom. The Balaban J connectivity index is 2.18. The Kier molecular flexibility index (Phi) is 6.22. The van der Waals surface area contributed by atoms with Gasteiger partial charge in [0.05, 0.1) is 12.1 Å². The van der Waals surface area contributed by atoms with Crippen molar-refractivity contribution in [2.24, 2.45) is 0 Å². The first-order valence-electron chi connectivity index (χ1n) is 6.73. The van der Waals surface area contributed by atoms with Gasteiger partial charge in [-0.25, -0.2) is 9.18 Å². The summed E-state index contributed by atoms with van der Waals surface area (Å²) in [6.07, 6.45) is 0. The average molecular weight is 416 g/mol. The predicted molar refractivity (Wildman–Crippen MR) is 92.0 cm³/mol. The fraction of sp³-hybridized carbons (Fsp3) is 0.125. The smallest absolute Gasteiger partial charge is 0.341 e. The van der Waals surface area contributed by atoms with Gasteiger partial charge in [-0.05, 0) is 29.8 Å². The molecule has 1 N–H and O–H groups in total. The molecule has 4 nitrogen and oxygen atoms in total. The van der Waals surface area contributed by atoms with Crippen LogP contribution in [0.4, 0.5) is 8.87 Å². The number of nitrogens with zero attached hydrogens (tertiary/aromatic N) is 1. The highest BCUT2D eigenvalue weighted by molar-refractivity contribution is 9.10. The van der Waals surface area contributed by atoms with Gasteiger partial charge in [0, 0.05) is 10.5 Å². The zero-order valence-corrected chi connectivity index (χ0v) is 14.6. The van der Waals surface area contributed by atoms with Gasteiger partial charge in [0.15, 0.2) is 6.61 Å². The van der Waals surface area contributed by atoms with Crippen LogP contribution in [-0.2, 0) is 11.3 Å². The van der Waals surface area contributed by atoms with E-state index in [2.05, 4.69) is 15.9 Å². The lowest BCUT2D eigenvalue weighted by atomic mass is 10.1. The van der Waals surface area contributed by atoms with Crippen LogP contribution in [0.2, 0.25) is 0 Å². The topological polar surface area (TPSA) is 49.8 Å². The minimum atomic E-state index is -1.23. The summed E-state index contributed by atoms with van der Waals surface area (Å²) in [5, 5.41) is 8.98. The maximum absolute atomic E-state index is 14.4. The molecule has 126 valence electrons. The number of carboxylic acid groups (broad SMARTS) is 1. The highest BCUT2D eigenvalue weighted by Gasteiger charge is 2.18. The lowest BCUT2D eigenvalue weighted by molar-refractivity contribution is -0.139. The third-order valence-electron chi connectivity index (χ3n) is 2.98. The summed E-state index contributed by atoms with van der Waals surface area (Å²) in [5.41, 5.74) is 0.783. The van der Waals surface area contributed by atoms with E-state index in [1.165, 1.54) is 6.07 Å². The monoisotopic (exact) mass is 415 g/mol. The molecule has 0 radical (unpaired) electrons. The van der Waals surface area contributed by atoms with Crippen LogP contribution in [-0.4, -0.2) is 27.8 Å². The highest BCUT2D eigenvalue weighted by atomic mass is 79.9. The normalized spacial score (nSPS) is 10.3. The molecule has 24 heavy (non-hydrogen) atoms. The first kappa shape index (κ1) is 18.3. The number of benzene rings is 2. The van der Waals surface area contributed by atoms with E-state index in [4.69, 9.17) is 22.1 Å². The Labute approximate surface area is 150 Å². The lowest BCUT2D eigenvalue weighted by Crippen LogP contribution is -2.22. The molecule has 0 aromatic heterocycles. The Morgan fingerprint density at radius 1 is 1.25 bits per heavy atom. The third-order valence-corrected chi connectivity index (χ3v) is 3.93. The van der Waals surface area contributed by atoms with Crippen molar-refractivity contribution in [3.05, 3.63) is 63.9 Å². The van der Waals surface area contributed by atoms with E-state index in [1.807, 2.05) is 0 Å². The van der Waals surface area contributed by atoms with Gasteiger partial charge in [0.2, 0.25) is 0 Å². The summed E-state index contributed by atoms with van der Waals surface area (Å²) < 4.78 is 33.6. The summed E-state index contributed by atoms with van der Waals surface area (Å²) in [7, 11) is 0. The molecular weight excluding hydrogens is 404 g/mol. The van der Waals surface area contributed by atoms with Crippen LogP contribution >= 0.6 is 28.1 Å². The summed E-state index contributed by atoms with van der Waals surface area (Å²) in [5.74, 6) is -2.00. The van der Waals surface area contributed by atoms with Crippen molar-refractivity contribution < 1.29 is 23.5 Å². The average Bonchev–Trinajstić information content (AvgIpc) is 2.54. The third kappa shape index (κ3) is 4.97. The highest BCUT2D eigenvalue weighted by Crippen LogP contribution is 2.24. The Morgan fingerprint density at radius 3 is 2.54 bits per heavy atom. The van der Waals surface area contributed by atoms with Gasteiger partial charge in [-0.15, -0.1) is 0 Å². The van der Waals surface area contributed by atoms with Crippen molar-refractivity contribution in [2.75, 3.05) is 6.61 Å². The lowest BCUT2D eigenvalue weighted by Gasteiger charge is -2.17. The molecule has 8 heteroatoms. The van der Waals surface area contributed by atoms with Gasteiger partial charge >= 0.3 is 5.97 Å². The number of hydrogen-bond acceptors (Lipinski definition) is 3. The minimum absolute atomic E-state index is 0.104. The van der Waals surface area contributed by atoms with Gasteiger partial charge in [-0.3, -0.25) is 0 Å². The molecule has 0 atom stereocenters. The molecule has 0 unspecified atom stereocenters. The molecule has 0 heterocycles. The fourth-order valence-corrected chi connectivity index (χ4v) is 2.38. The number of carbonyl (C=O) groups is 1. The molecule has 0 saturated heterocycles. The SMILES string of the molecule is O=C(O)COc1cc(F)ccc1C(=S)N(F)Cc1ccc(Br)cc1. The zero-order valence-electron chi connectivity index (χ0n) is 12.2. The molecule has 0 saturated carbocycles. The van der Waals surface area contributed by atoms with Crippen LogP contribution in [0.3, 0.4) is 0 Å². The van der Waals surface area contributed by atoms with E-state index in [0.29, 0.717) is 10.7 Å². The number of rotatable bonds is 6. The van der Waals surface area contributed by atoms with Crippen LogP contribution < -0.4 is 4.74 Å². The molecule has 0 fully saturated rings. The van der Waals surface area contributed by atoms with Crippen LogP contribution in [0, 0.1) is 5.82 Å². The number of thiocarbonyl (C=S) groups is 1. The van der Waals surface area contributed by atoms with E-state index in [0.717, 1.165) is 16.6 Å². The van der Waals surface area contributed by atoms with Gasteiger partial charge < -0.3 is 9.84 Å². The standard InChI is InChI=1S/C16H12BrF2NO3S/c17-11-3-1-10(2-4-11)8-20(19)16(24)13-6-5-12(18)7-14(13)23-9-15(21)22/h1-7H,8-9H2,(H,21,22). The maximum Gasteiger partial charge on any atom is 0.341 e. The first-order valence-corrected chi connectivity index (χ1v) is 7.93. The molecule has 0 bridgehead atoms. The van der Waals surface area contributed by atoms with Crippen LogP contribution in [0.25, 0.3) is 0 Å². The van der Waals surface area contributed by atoms with Gasteiger partial charge in [0.25, 0.3) is 0 Å². The number of halogens is 3. The second kappa shape index (κ2) is 8.16. The minimum Gasteiger partial charge on any atom is -0.481 e. The van der Waals surface area contributed by atoms with Crippen molar-refractivity contribution in [1.29, 1.82) is 0 Å². The summed E-state index contributed by atoms with van der Waals surface area (Å²) in [6, 6.07) is 10.3. The summed E-state index contributed by atoms with van der Waals surface area (Å²) in [6.45, 7) is -0.792. The number of aliphatic carboxylic acids is 1. The van der Waals surface area contributed by atoms with Crippen molar-refractivity contribution >= 4 is 39.1 Å². The van der Waals surface area contributed by atoms with Crippen molar-refractivity contribution in [2.45, 2.75) is 6.54 Å². The molecule has 2 aromatic carbocycles. The van der Waals surface area contributed by atoms with Crippen LogP contribution in [0.5, 0.6) is 5.75 Å². The van der Waals surface area contributed by atoms with Crippen LogP contribution in [0.15, 0.2) is 46.9 Å². The first-order chi connectivity index (χ1) is 11.4. The van der Waals surface area contributed by atoms with E-state index >= 15 is 0 Å². The van der Waals surface area contributed by atoms with Gasteiger partial charge in [-0.1, -0.05) is 44.8 Å². The van der Waals surface area contributed by atoms with Crippen LogP contribution in [0.1, 0.15) is 11.1 Å². The number of ether oxygens (including phenoxy) is 1. The van der Waals surface area contributed by atoms with E-state index < -0.39 is 18.4 Å². The quantitative estimate of drug-likeness (QED) is 0.568. The summed E-state index contributed by atoms with van der Waals surface area (Å²) >= 11 is 8.36. The largest absolute Gasteiger partial charge is 0.481 e. The Bertz CT molecular complexity index is 755. The summed E-state index contributed by atoms with van der Waals surface area (Å²) in [4.78, 5) is 10.4. The van der Waals surface area contributed by atoms with Gasteiger partial charge in [0.1, 0.15) is 16.6 Å². The van der Waals surface area contributed by atoms with E-state index in [1.54, 1.807) is 24.3 Å². The molecule has 0 aliphatic heterocycles. The maximum atomic E-state index is 14.4. The van der Waals surface area contributed by atoms with Crippen molar-refractivity contribution in [3.63, 3.8) is 0 Å². The van der Waals surface area contributed by atoms with Crippen molar-refractivity contribution in [1.82, 2.24) is 5.12 Å². The molecule has 0 amide bonds. The van der Waals surface area contributed by atoms with Gasteiger partial charge in [-0.2, -0.15) is 5.12 Å². The predicted octanol–water partition coefficient (Wildman–Crippen LogP) is 4.11. The van der Waals surface area contributed by atoms with E-state index in [-0.39, 0.29) is 22.8 Å². The zero-order chi connectivity index (χ0) is 17.7. The molecule has 0 aliphatic rings. The van der Waals surface area contributed by atoms with Crippen molar-refractivity contribution in [3.8, 4) is 5.75 Å². The number of carboxylic acids is 1. The second-order valence-electron chi connectivity index (χ2n) is 4.77. The molecule has 0 spiro atoms. The fourth-order valence-electron chi connectivity index (χ4n) is 1.88. The molecule has 0 aliphatic carbocycles. The molecular formula is C16H12BrF2NO3S. The Hall–Kier alpha value is -2.06.